The fourth-order valence-corrected chi connectivity index (χ4v) is 2.98. The van der Waals surface area contributed by atoms with Crippen molar-refractivity contribution >= 4 is 5.69 Å². The fraction of sp³-hybridized carbons (Fsp3) is 0.706. The lowest BCUT2D eigenvalue weighted by Gasteiger charge is -2.42. The van der Waals surface area contributed by atoms with Gasteiger partial charge in [-0.3, -0.25) is 4.98 Å². The van der Waals surface area contributed by atoms with Gasteiger partial charge in [0.15, 0.2) is 0 Å². The normalized spacial score (nSPS) is 23.4. The molecule has 1 aliphatic carbocycles. The molecule has 4 heteroatoms. The topological polar surface area (TPSA) is 37.4 Å². The van der Waals surface area contributed by atoms with Gasteiger partial charge in [0.1, 0.15) is 0 Å². The van der Waals surface area contributed by atoms with Crippen LogP contribution < -0.4 is 10.2 Å². The minimum absolute atomic E-state index is 0.0244. The molecular weight excluding hydrogens is 262 g/mol. The van der Waals surface area contributed by atoms with Crippen molar-refractivity contribution in [2.75, 3.05) is 24.6 Å². The minimum atomic E-state index is 0.0244. The molecule has 0 radical (unpaired) electrons. The van der Waals surface area contributed by atoms with E-state index in [1.807, 2.05) is 6.20 Å². The average Bonchev–Trinajstić information content (AvgIpc) is 3.31. The molecule has 1 atom stereocenters. The number of ether oxygens (including phenoxy) is 1. The summed E-state index contributed by atoms with van der Waals surface area (Å²) in [5.41, 5.74) is 2.39. The molecule has 0 aromatic carbocycles. The third-order valence-corrected chi connectivity index (χ3v) is 4.56. The van der Waals surface area contributed by atoms with Gasteiger partial charge in [0, 0.05) is 30.4 Å². The van der Waals surface area contributed by atoms with Crippen LogP contribution in [0.3, 0.4) is 0 Å². The molecule has 1 aliphatic heterocycles. The lowest BCUT2D eigenvalue weighted by Crippen LogP contribution is -2.58. The van der Waals surface area contributed by atoms with Crippen molar-refractivity contribution in [3.63, 3.8) is 0 Å². The van der Waals surface area contributed by atoms with Gasteiger partial charge in [0.05, 0.1) is 24.6 Å². The Labute approximate surface area is 127 Å². The summed E-state index contributed by atoms with van der Waals surface area (Å²) in [6.45, 7) is 9.33. The second-order valence-corrected chi connectivity index (χ2v) is 6.81. The van der Waals surface area contributed by atoms with Gasteiger partial charge >= 0.3 is 0 Å². The first-order valence-electron chi connectivity index (χ1n) is 8.17. The predicted molar refractivity (Wildman–Crippen MR) is 85.8 cm³/mol. The number of hydrogen-bond acceptors (Lipinski definition) is 4. The maximum absolute atomic E-state index is 6.04. The summed E-state index contributed by atoms with van der Waals surface area (Å²) in [5, 5.41) is 3.72. The van der Waals surface area contributed by atoms with Crippen molar-refractivity contribution in [3.8, 4) is 0 Å². The molecule has 116 valence electrons. The van der Waals surface area contributed by atoms with Crippen LogP contribution in [0.5, 0.6) is 0 Å². The number of aryl methyl sites for hydroxylation is 1. The number of morpholine rings is 1. The van der Waals surface area contributed by atoms with Crippen LogP contribution in [0.2, 0.25) is 0 Å². The molecular formula is C17H27N3O. The average molecular weight is 289 g/mol. The lowest BCUT2D eigenvalue weighted by atomic mass is 9.95. The zero-order chi connectivity index (χ0) is 14.9. The summed E-state index contributed by atoms with van der Waals surface area (Å²) in [5.74, 6) is 0. The number of nitrogens with one attached hydrogen (secondary N) is 1. The number of anilines is 1. The fourth-order valence-electron chi connectivity index (χ4n) is 2.98. The Kier molecular flexibility index (Phi) is 4.18. The maximum Gasteiger partial charge on any atom is 0.0926 e. The van der Waals surface area contributed by atoms with E-state index in [0.29, 0.717) is 6.04 Å². The van der Waals surface area contributed by atoms with Crippen LogP contribution in [0.4, 0.5) is 5.69 Å². The third-order valence-electron chi connectivity index (χ3n) is 4.56. The highest BCUT2D eigenvalue weighted by Gasteiger charge is 2.38. The molecule has 3 rings (SSSR count). The van der Waals surface area contributed by atoms with E-state index in [0.717, 1.165) is 31.8 Å². The smallest absolute Gasteiger partial charge is 0.0926 e. The summed E-state index contributed by atoms with van der Waals surface area (Å²) >= 11 is 0. The van der Waals surface area contributed by atoms with Crippen molar-refractivity contribution in [1.82, 2.24) is 10.3 Å². The zero-order valence-electron chi connectivity index (χ0n) is 13.4. The molecule has 2 aliphatic rings. The first-order chi connectivity index (χ1) is 10.1. The van der Waals surface area contributed by atoms with Gasteiger partial charge in [-0.15, -0.1) is 0 Å². The molecule has 1 saturated carbocycles. The van der Waals surface area contributed by atoms with E-state index < -0.39 is 0 Å². The summed E-state index contributed by atoms with van der Waals surface area (Å²) < 4.78 is 6.04. The Morgan fingerprint density at radius 1 is 1.38 bits per heavy atom. The van der Waals surface area contributed by atoms with Crippen LogP contribution in [0.25, 0.3) is 0 Å². The molecule has 2 heterocycles. The number of pyridine rings is 1. The summed E-state index contributed by atoms with van der Waals surface area (Å²) in [6.07, 6.45) is 5.83. The lowest BCUT2D eigenvalue weighted by molar-refractivity contribution is -0.0134. The molecule has 1 aromatic rings. The van der Waals surface area contributed by atoms with Crippen molar-refractivity contribution in [3.05, 3.63) is 24.0 Å². The highest BCUT2D eigenvalue weighted by Crippen LogP contribution is 2.27. The third kappa shape index (κ3) is 3.55. The first kappa shape index (κ1) is 14.8. The number of rotatable bonds is 5. The van der Waals surface area contributed by atoms with Gasteiger partial charge in [0.2, 0.25) is 0 Å². The highest BCUT2D eigenvalue weighted by molar-refractivity contribution is 5.45. The van der Waals surface area contributed by atoms with Gasteiger partial charge in [-0.25, -0.2) is 0 Å². The van der Waals surface area contributed by atoms with E-state index in [1.165, 1.54) is 18.5 Å². The molecule has 0 unspecified atom stereocenters. The molecule has 0 spiro atoms. The van der Waals surface area contributed by atoms with Gasteiger partial charge in [-0.1, -0.05) is 6.92 Å². The molecule has 4 nitrogen and oxygen atoms in total. The van der Waals surface area contributed by atoms with E-state index in [2.05, 4.69) is 48.1 Å². The monoisotopic (exact) mass is 289 g/mol. The van der Waals surface area contributed by atoms with Crippen LogP contribution in [0.15, 0.2) is 18.3 Å². The van der Waals surface area contributed by atoms with Crippen molar-refractivity contribution < 1.29 is 4.74 Å². The molecule has 1 aromatic heterocycles. The van der Waals surface area contributed by atoms with Gasteiger partial charge in [-0.2, -0.15) is 0 Å². The van der Waals surface area contributed by atoms with Crippen LogP contribution in [0, 0.1) is 0 Å². The van der Waals surface area contributed by atoms with Crippen molar-refractivity contribution in [2.45, 2.75) is 57.7 Å². The Hall–Kier alpha value is -1.13. The van der Waals surface area contributed by atoms with Gasteiger partial charge in [0.25, 0.3) is 0 Å². The zero-order valence-corrected chi connectivity index (χ0v) is 13.4. The van der Waals surface area contributed by atoms with Crippen LogP contribution in [-0.2, 0) is 11.2 Å². The predicted octanol–water partition coefficient (Wildman–Crippen LogP) is 2.38. The summed E-state index contributed by atoms with van der Waals surface area (Å²) in [7, 11) is 0. The second-order valence-electron chi connectivity index (χ2n) is 6.81. The molecule has 1 N–H and O–H groups in total. The number of nitrogens with zero attached hydrogens (tertiary/aromatic N) is 2. The first-order valence-corrected chi connectivity index (χ1v) is 8.17. The van der Waals surface area contributed by atoms with Crippen LogP contribution >= 0.6 is 0 Å². The molecule has 2 fully saturated rings. The van der Waals surface area contributed by atoms with E-state index in [4.69, 9.17) is 4.74 Å². The maximum atomic E-state index is 6.04. The van der Waals surface area contributed by atoms with E-state index in [9.17, 15) is 0 Å². The standard InChI is InChI=1S/C17H27N3O/c1-4-13-7-8-15(11-18-13)20-9-10-21-16(12-20)17(2,3)19-14-5-6-14/h7-8,11,14,16,19H,4-6,9-10,12H2,1-3H3/t16-/m0/s1. The Bertz CT molecular complexity index is 467. The summed E-state index contributed by atoms with van der Waals surface area (Å²) in [4.78, 5) is 6.92. The quantitative estimate of drug-likeness (QED) is 0.903. The van der Waals surface area contributed by atoms with Crippen molar-refractivity contribution in [2.24, 2.45) is 0 Å². The van der Waals surface area contributed by atoms with Crippen molar-refractivity contribution in [1.29, 1.82) is 0 Å². The number of hydrogen-bond donors (Lipinski definition) is 1. The van der Waals surface area contributed by atoms with Gasteiger partial charge < -0.3 is 15.0 Å². The second kappa shape index (κ2) is 5.93. The van der Waals surface area contributed by atoms with E-state index in [-0.39, 0.29) is 11.6 Å². The Morgan fingerprint density at radius 2 is 2.19 bits per heavy atom. The van der Waals surface area contributed by atoms with Crippen LogP contribution in [0.1, 0.15) is 39.3 Å². The summed E-state index contributed by atoms with van der Waals surface area (Å²) in [6, 6.07) is 5.02. The SMILES string of the molecule is CCc1ccc(N2CCO[C@H](C(C)(C)NC3CC3)C2)cn1. The van der Waals surface area contributed by atoms with Crippen LogP contribution in [-0.4, -0.2) is 42.4 Å². The molecule has 1 saturated heterocycles. The van der Waals surface area contributed by atoms with E-state index in [1.54, 1.807) is 0 Å². The molecule has 0 bridgehead atoms. The molecule has 21 heavy (non-hydrogen) atoms. The Balaban J connectivity index is 1.66. The Morgan fingerprint density at radius 3 is 2.81 bits per heavy atom. The molecule has 0 amide bonds. The number of aromatic nitrogens is 1. The van der Waals surface area contributed by atoms with Gasteiger partial charge in [-0.05, 0) is 45.2 Å². The minimum Gasteiger partial charge on any atom is -0.373 e. The highest BCUT2D eigenvalue weighted by atomic mass is 16.5. The van der Waals surface area contributed by atoms with E-state index >= 15 is 0 Å². The largest absolute Gasteiger partial charge is 0.373 e.